The van der Waals surface area contributed by atoms with Crippen LogP contribution in [0.5, 0.6) is 5.75 Å². The van der Waals surface area contributed by atoms with Crippen LogP contribution in [0, 0.1) is 11.3 Å². The van der Waals surface area contributed by atoms with Gasteiger partial charge in [-0.25, -0.2) is 14.8 Å². The van der Waals surface area contributed by atoms with Crippen molar-refractivity contribution in [3.63, 3.8) is 0 Å². The van der Waals surface area contributed by atoms with Crippen molar-refractivity contribution in [1.82, 2.24) is 9.97 Å². The van der Waals surface area contributed by atoms with Gasteiger partial charge in [0.1, 0.15) is 11.3 Å². The van der Waals surface area contributed by atoms with Crippen molar-refractivity contribution in [2.24, 2.45) is 0 Å². The number of methoxy groups -OCH3 is 1. The molecule has 30 heavy (non-hydrogen) atoms. The Balaban J connectivity index is 1.81. The van der Waals surface area contributed by atoms with E-state index < -0.39 is 5.97 Å². The molecule has 0 aliphatic carbocycles. The predicted molar refractivity (Wildman–Crippen MR) is 113 cm³/mol. The minimum absolute atomic E-state index is 0.256. The molecule has 7 heteroatoms. The van der Waals surface area contributed by atoms with Gasteiger partial charge in [0, 0.05) is 18.3 Å². The van der Waals surface area contributed by atoms with Gasteiger partial charge < -0.3 is 14.8 Å². The molecule has 2 aromatic carbocycles. The van der Waals surface area contributed by atoms with Gasteiger partial charge in [-0.1, -0.05) is 24.3 Å². The Morgan fingerprint density at radius 2 is 2.00 bits per heavy atom. The topological polar surface area (TPSA) is 97.1 Å². The molecular weight excluding hydrogens is 380 g/mol. The third-order valence-electron chi connectivity index (χ3n) is 4.40. The van der Waals surface area contributed by atoms with Crippen molar-refractivity contribution in [3.8, 4) is 23.1 Å². The molecule has 3 rings (SSSR count). The largest absolute Gasteiger partial charge is 0.497 e. The highest BCUT2D eigenvalue weighted by atomic mass is 16.5. The first-order valence-corrected chi connectivity index (χ1v) is 9.56. The summed E-state index contributed by atoms with van der Waals surface area (Å²) in [6, 6.07) is 16.8. The average Bonchev–Trinajstić information content (AvgIpc) is 2.79. The minimum Gasteiger partial charge on any atom is -0.497 e. The summed E-state index contributed by atoms with van der Waals surface area (Å²) in [7, 11) is 1.64. The number of nitrogens with one attached hydrogen (secondary N) is 1. The van der Waals surface area contributed by atoms with E-state index in [2.05, 4.69) is 21.4 Å². The lowest BCUT2D eigenvalue weighted by molar-refractivity contribution is 0.0526. The highest BCUT2D eigenvalue weighted by Crippen LogP contribution is 2.24. The Bertz CT molecular complexity index is 1060. The molecule has 152 valence electrons. The van der Waals surface area contributed by atoms with E-state index in [1.165, 1.54) is 6.20 Å². The van der Waals surface area contributed by atoms with E-state index in [0.29, 0.717) is 29.3 Å². The molecule has 0 aliphatic rings. The molecule has 1 N–H and O–H groups in total. The normalized spacial score (nSPS) is 10.2. The summed E-state index contributed by atoms with van der Waals surface area (Å²) < 4.78 is 10.4. The van der Waals surface area contributed by atoms with Crippen LogP contribution in [0.2, 0.25) is 0 Å². The summed E-state index contributed by atoms with van der Waals surface area (Å²) in [4.78, 5) is 21.1. The van der Waals surface area contributed by atoms with Crippen LogP contribution in [0.1, 0.15) is 28.4 Å². The number of carbonyl (C=O) groups is 1. The second kappa shape index (κ2) is 10.0. The number of aromatic nitrogens is 2. The zero-order valence-electron chi connectivity index (χ0n) is 16.9. The molecule has 0 bridgehead atoms. The van der Waals surface area contributed by atoms with Gasteiger partial charge in [-0.3, -0.25) is 0 Å². The number of rotatable bonds is 8. The molecule has 0 fully saturated rings. The second-order valence-electron chi connectivity index (χ2n) is 6.39. The van der Waals surface area contributed by atoms with Gasteiger partial charge in [0.25, 0.3) is 0 Å². The van der Waals surface area contributed by atoms with E-state index in [-0.39, 0.29) is 12.2 Å². The molecule has 0 spiro atoms. The van der Waals surface area contributed by atoms with Crippen LogP contribution in [-0.4, -0.2) is 36.2 Å². The first kappa shape index (κ1) is 20.8. The number of hydrogen-bond acceptors (Lipinski definition) is 7. The lowest BCUT2D eigenvalue weighted by atomic mass is 10.1. The van der Waals surface area contributed by atoms with Crippen molar-refractivity contribution in [2.45, 2.75) is 13.3 Å². The highest BCUT2D eigenvalue weighted by molar-refractivity contribution is 5.96. The molecule has 0 aliphatic heterocycles. The van der Waals surface area contributed by atoms with Gasteiger partial charge in [0.05, 0.1) is 31.0 Å². The number of benzene rings is 2. The van der Waals surface area contributed by atoms with Gasteiger partial charge in [0.2, 0.25) is 5.95 Å². The zero-order chi connectivity index (χ0) is 21.3. The number of anilines is 1. The van der Waals surface area contributed by atoms with Gasteiger partial charge >= 0.3 is 5.97 Å². The van der Waals surface area contributed by atoms with Crippen LogP contribution in [-0.2, 0) is 11.2 Å². The van der Waals surface area contributed by atoms with Crippen molar-refractivity contribution in [1.29, 1.82) is 5.26 Å². The molecule has 0 unspecified atom stereocenters. The number of nitrogens with zero attached hydrogens (tertiary/aromatic N) is 3. The quantitative estimate of drug-likeness (QED) is 0.572. The Labute approximate surface area is 175 Å². The molecule has 0 saturated heterocycles. The number of hydrogen-bond donors (Lipinski definition) is 1. The minimum atomic E-state index is -0.486. The van der Waals surface area contributed by atoms with Crippen LogP contribution in [0.15, 0.2) is 54.7 Å². The molecule has 3 aromatic rings. The van der Waals surface area contributed by atoms with Gasteiger partial charge in [-0.15, -0.1) is 0 Å². The molecular formula is C23H22N4O3. The maximum absolute atomic E-state index is 12.3. The molecule has 1 aromatic heterocycles. The summed E-state index contributed by atoms with van der Waals surface area (Å²) in [5, 5.41) is 12.2. The molecule has 7 nitrogen and oxygen atoms in total. The number of ether oxygens (including phenoxy) is 2. The fraction of sp³-hybridized carbons (Fsp3) is 0.217. The van der Waals surface area contributed by atoms with Crippen molar-refractivity contribution in [2.75, 3.05) is 25.6 Å². The summed E-state index contributed by atoms with van der Waals surface area (Å²) in [5.41, 5.74) is 3.09. The maximum atomic E-state index is 12.3. The van der Waals surface area contributed by atoms with E-state index in [1.807, 2.05) is 24.3 Å². The lowest BCUT2D eigenvalue weighted by Gasteiger charge is -2.11. The first-order chi connectivity index (χ1) is 14.6. The Hall–Kier alpha value is -3.92. The summed E-state index contributed by atoms with van der Waals surface area (Å²) >= 11 is 0. The third-order valence-corrected chi connectivity index (χ3v) is 4.40. The molecule has 1 heterocycles. The first-order valence-electron chi connectivity index (χ1n) is 9.56. The van der Waals surface area contributed by atoms with E-state index in [9.17, 15) is 4.79 Å². The SMILES string of the molecule is CCOC(=O)c1cnc(NCCc2cccc(OC)c2)nc1-c1ccc(C#N)cc1. The second-order valence-corrected chi connectivity index (χ2v) is 6.39. The van der Waals surface area contributed by atoms with Gasteiger partial charge in [0.15, 0.2) is 0 Å². The fourth-order valence-electron chi connectivity index (χ4n) is 2.89. The third kappa shape index (κ3) is 5.11. The number of esters is 1. The number of nitriles is 1. The van der Waals surface area contributed by atoms with Crippen LogP contribution in [0.4, 0.5) is 5.95 Å². The Morgan fingerprint density at radius 1 is 1.20 bits per heavy atom. The molecule has 0 saturated carbocycles. The zero-order valence-corrected chi connectivity index (χ0v) is 16.9. The summed E-state index contributed by atoms with van der Waals surface area (Å²) in [6.45, 7) is 2.61. The van der Waals surface area contributed by atoms with Gasteiger partial charge in [-0.05, 0) is 43.2 Å². The molecule has 0 atom stereocenters. The van der Waals surface area contributed by atoms with Crippen LogP contribution >= 0.6 is 0 Å². The monoisotopic (exact) mass is 402 g/mol. The average molecular weight is 402 g/mol. The summed E-state index contributed by atoms with van der Waals surface area (Å²) in [5.74, 6) is 0.732. The van der Waals surface area contributed by atoms with Crippen molar-refractivity contribution < 1.29 is 14.3 Å². The van der Waals surface area contributed by atoms with E-state index >= 15 is 0 Å². The Kier molecular flexibility index (Phi) is 6.95. The predicted octanol–water partition coefficient (Wildman–Crippen LogP) is 3.86. The standard InChI is InChI=1S/C23H22N4O3/c1-3-30-22(28)20-15-26-23(25-12-11-16-5-4-6-19(13-16)29-2)27-21(20)18-9-7-17(14-24)8-10-18/h4-10,13,15H,3,11-12H2,1-2H3,(H,25,26,27). The van der Waals surface area contributed by atoms with Crippen LogP contribution < -0.4 is 10.1 Å². The summed E-state index contributed by atoms with van der Waals surface area (Å²) in [6.07, 6.45) is 2.22. The fourth-order valence-corrected chi connectivity index (χ4v) is 2.89. The highest BCUT2D eigenvalue weighted by Gasteiger charge is 2.17. The molecule has 0 radical (unpaired) electrons. The van der Waals surface area contributed by atoms with Gasteiger partial charge in [-0.2, -0.15) is 5.26 Å². The van der Waals surface area contributed by atoms with E-state index in [4.69, 9.17) is 14.7 Å². The number of carbonyl (C=O) groups excluding carboxylic acids is 1. The van der Waals surface area contributed by atoms with Crippen molar-refractivity contribution in [3.05, 3.63) is 71.4 Å². The Morgan fingerprint density at radius 3 is 2.70 bits per heavy atom. The smallest absolute Gasteiger partial charge is 0.341 e. The molecule has 0 amide bonds. The van der Waals surface area contributed by atoms with Crippen molar-refractivity contribution >= 4 is 11.9 Å². The van der Waals surface area contributed by atoms with Crippen LogP contribution in [0.3, 0.4) is 0 Å². The lowest BCUT2D eigenvalue weighted by Crippen LogP contribution is -2.12. The van der Waals surface area contributed by atoms with E-state index in [0.717, 1.165) is 17.7 Å². The maximum Gasteiger partial charge on any atom is 0.341 e. The van der Waals surface area contributed by atoms with Crippen LogP contribution in [0.25, 0.3) is 11.3 Å². The van der Waals surface area contributed by atoms with E-state index in [1.54, 1.807) is 38.3 Å².